The van der Waals surface area contributed by atoms with E-state index in [1.165, 1.54) is 12.7 Å². The maximum absolute atomic E-state index is 11.5. The van der Waals surface area contributed by atoms with Crippen molar-refractivity contribution in [2.45, 2.75) is 33.7 Å². The molecule has 0 fully saturated rings. The number of hydrogen-bond donors (Lipinski definition) is 0. The Morgan fingerprint density at radius 1 is 1.20 bits per heavy atom. The van der Waals surface area contributed by atoms with Crippen LogP contribution in [-0.2, 0) is 22.5 Å². The Morgan fingerprint density at radius 3 is 2.40 bits per heavy atom. The van der Waals surface area contributed by atoms with Gasteiger partial charge in [0.25, 0.3) is 0 Å². The highest BCUT2D eigenvalue weighted by molar-refractivity contribution is 5.72. The lowest BCUT2D eigenvalue weighted by atomic mass is 10.0. The molecule has 0 aliphatic heterocycles. The van der Waals surface area contributed by atoms with E-state index in [1.54, 1.807) is 0 Å². The van der Waals surface area contributed by atoms with Gasteiger partial charge in [-0.05, 0) is 37.5 Å². The predicted octanol–water partition coefficient (Wildman–Crippen LogP) is 2.57. The molecule has 0 aliphatic rings. The monoisotopic (exact) mass is 272 g/mol. The molecule has 0 spiro atoms. The van der Waals surface area contributed by atoms with Gasteiger partial charge in [0.1, 0.15) is 0 Å². The minimum atomic E-state index is -0.220. The first kappa shape index (κ1) is 14.3. The zero-order chi connectivity index (χ0) is 14.7. The van der Waals surface area contributed by atoms with E-state index >= 15 is 0 Å². The van der Waals surface area contributed by atoms with E-state index in [0.29, 0.717) is 13.0 Å². The van der Waals surface area contributed by atoms with Crippen molar-refractivity contribution >= 4 is 5.97 Å². The quantitative estimate of drug-likeness (QED) is 0.803. The van der Waals surface area contributed by atoms with Gasteiger partial charge in [-0.2, -0.15) is 5.10 Å². The fraction of sp³-hybridized carbons (Fsp3) is 0.375. The maximum Gasteiger partial charge on any atom is 0.309 e. The summed E-state index contributed by atoms with van der Waals surface area (Å²) in [7, 11) is 1.41. The predicted molar refractivity (Wildman–Crippen MR) is 77.7 cm³/mol. The first-order valence-corrected chi connectivity index (χ1v) is 6.67. The van der Waals surface area contributed by atoms with Crippen LogP contribution in [0.4, 0.5) is 0 Å². The van der Waals surface area contributed by atoms with Crippen LogP contribution < -0.4 is 0 Å². The smallest absolute Gasteiger partial charge is 0.309 e. The molecular weight excluding hydrogens is 252 g/mol. The average molecular weight is 272 g/mol. The number of aromatic nitrogens is 2. The first-order chi connectivity index (χ1) is 9.52. The number of esters is 1. The minimum absolute atomic E-state index is 0.220. The van der Waals surface area contributed by atoms with Gasteiger partial charge in [0.15, 0.2) is 0 Å². The van der Waals surface area contributed by atoms with E-state index < -0.39 is 0 Å². The lowest BCUT2D eigenvalue weighted by Crippen LogP contribution is -2.10. The number of hydrogen-bond acceptors (Lipinski definition) is 3. The number of ether oxygens (including phenoxy) is 1. The van der Waals surface area contributed by atoms with Crippen LogP contribution in [0.25, 0.3) is 0 Å². The van der Waals surface area contributed by atoms with Crippen molar-refractivity contribution < 1.29 is 9.53 Å². The van der Waals surface area contributed by atoms with Crippen molar-refractivity contribution in [3.8, 4) is 0 Å². The van der Waals surface area contributed by atoms with Gasteiger partial charge in [0.05, 0.1) is 25.8 Å². The van der Waals surface area contributed by atoms with E-state index in [4.69, 9.17) is 4.74 Å². The Kier molecular flexibility index (Phi) is 4.23. The zero-order valence-electron chi connectivity index (χ0n) is 12.4. The molecule has 0 aliphatic carbocycles. The number of nitrogens with zero attached hydrogens (tertiary/aromatic N) is 2. The van der Waals surface area contributed by atoms with E-state index in [1.807, 2.05) is 35.9 Å². The molecule has 0 saturated carbocycles. The van der Waals surface area contributed by atoms with Crippen LogP contribution in [0.3, 0.4) is 0 Å². The van der Waals surface area contributed by atoms with E-state index in [9.17, 15) is 4.79 Å². The van der Waals surface area contributed by atoms with Crippen LogP contribution in [0, 0.1) is 20.8 Å². The number of aryl methyl sites for hydroxylation is 1. The summed E-state index contributed by atoms with van der Waals surface area (Å²) in [6.45, 7) is 6.83. The summed E-state index contributed by atoms with van der Waals surface area (Å²) in [5.74, 6) is -0.220. The molecule has 1 aromatic heterocycles. The summed E-state index contributed by atoms with van der Waals surface area (Å²) in [4.78, 5) is 11.5. The van der Waals surface area contributed by atoms with Crippen LogP contribution >= 0.6 is 0 Å². The molecule has 0 amide bonds. The lowest BCUT2D eigenvalue weighted by Gasteiger charge is -2.10. The normalized spacial score (nSPS) is 10.6. The van der Waals surface area contributed by atoms with E-state index in [0.717, 1.165) is 22.5 Å². The second kappa shape index (κ2) is 5.90. The number of carbonyl (C=O) groups excluding carboxylic acids is 1. The third-order valence-corrected chi connectivity index (χ3v) is 3.74. The molecule has 0 unspecified atom stereocenters. The molecule has 2 rings (SSSR count). The first-order valence-electron chi connectivity index (χ1n) is 6.67. The van der Waals surface area contributed by atoms with Crippen molar-refractivity contribution in [3.63, 3.8) is 0 Å². The number of benzene rings is 1. The molecule has 20 heavy (non-hydrogen) atoms. The van der Waals surface area contributed by atoms with Gasteiger partial charge in [0.2, 0.25) is 0 Å². The lowest BCUT2D eigenvalue weighted by molar-refractivity contribution is -0.139. The standard InChI is InChI=1S/C16H20N2O2/c1-11-12(2)17-18(13(11)3)10-15-8-6-5-7-14(15)9-16(19)20-4/h5-8H,9-10H2,1-4H3. The Balaban J connectivity index is 2.29. The molecular formula is C16H20N2O2. The fourth-order valence-corrected chi connectivity index (χ4v) is 2.21. The van der Waals surface area contributed by atoms with Crippen molar-refractivity contribution in [2.75, 3.05) is 7.11 Å². The van der Waals surface area contributed by atoms with E-state index in [2.05, 4.69) is 18.9 Å². The third-order valence-electron chi connectivity index (χ3n) is 3.74. The van der Waals surface area contributed by atoms with Crippen LogP contribution in [-0.4, -0.2) is 22.9 Å². The van der Waals surface area contributed by atoms with Crippen molar-refractivity contribution in [3.05, 3.63) is 52.3 Å². The van der Waals surface area contributed by atoms with Crippen molar-refractivity contribution in [1.82, 2.24) is 9.78 Å². The molecule has 2 aromatic rings. The Labute approximate surface area is 119 Å². The zero-order valence-corrected chi connectivity index (χ0v) is 12.4. The van der Waals surface area contributed by atoms with Gasteiger partial charge < -0.3 is 4.74 Å². The topological polar surface area (TPSA) is 44.1 Å². The Bertz CT molecular complexity index is 629. The van der Waals surface area contributed by atoms with Crippen LogP contribution in [0.15, 0.2) is 24.3 Å². The molecule has 0 N–H and O–H groups in total. The fourth-order valence-electron chi connectivity index (χ4n) is 2.21. The minimum Gasteiger partial charge on any atom is -0.469 e. The molecule has 1 aromatic carbocycles. The highest BCUT2D eigenvalue weighted by Gasteiger charge is 2.11. The van der Waals surface area contributed by atoms with Gasteiger partial charge >= 0.3 is 5.97 Å². The molecule has 0 radical (unpaired) electrons. The Morgan fingerprint density at radius 2 is 1.85 bits per heavy atom. The second-order valence-electron chi connectivity index (χ2n) is 4.98. The second-order valence-corrected chi connectivity index (χ2v) is 4.98. The average Bonchev–Trinajstić information content (AvgIpc) is 2.68. The largest absolute Gasteiger partial charge is 0.469 e. The number of carbonyl (C=O) groups is 1. The van der Waals surface area contributed by atoms with Crippen LogP contribution in [0.5, 0.6) is 0 Å². The number of methoxy groups -OCH3 is 1. The highest BCUT2D eigenvalue weighted by Crippen LogP contribution is 2.16. The van der Waals surface area contributed by atoms with Gasteiger partial charge in [-0.15, -0.1) is 0 Å². The molecule has 0 saturated heterocycles. The summed E-state index contributed by atoms with van der Waals surface area (Å²) in [6, 6.07) is 7.91. The Hall–Kier alpha value is -2.10. The van der Waals surface area contributed by atoms with Crippen LogP contribution in [0.2, 0.25) is 0 Å². The maximum atomic E-state index is 11.5. The summed E-state index contributed by atoms with van der Waals surface area (Å²) < 4.78 is 6.73. The highest BCUT2D eigenvalue weighted by atomic mass is 16.5. The van der Waals surface area contributed by atoms with Gasteiger partial charge in [0, 0.05) is 5.69 Å². The summed E-state index contributed by atoms with van der Waals surface area (Å²) in [6.07, 6.45) is 0.297. The van der Waals surface area contributed by atoms with Gasteiger partial charge in [-0.3, -0.25) is 9.48 Å². The summed E-state index contributed by atoms with van der Waals surface area (Å²) in [5, 5.41) is 4.55. The van der Waals surface area contributed by atoms with Gasteiger partial charge in [-0.1, -0.05) is 24.3 Å². The molecule has 0 bridgehead atoms. The molecule has 0 atom stereocenters. The van der Waals surface area contributed by atoms with E-state index in [-0.39, 0.29) is 5.97 Å². The van der Waals surface area contributed by atoms with Gasteiger partial charge in [-0.25, -0.2) is 0 Å². The van der Waals surface area contributed by atoms with Crippen molar-refractivity contribution in [1.29, 1.82) is 0 Å². The summed E-state index contributed by atoms with van der Waals surface area (Å²) >= 11 is 0. The molecule has 4 nitrogen and oxygen atoms in total. The van der Waals surface area contributed by atoms with Crippen molar-refractivity contribution in [2.24, 2.45) is 0 Å². The summed E-state index contributed by atoms with van der Waals surface area (Å²) in [5.41, 5.74) is 5.52. The third kappa shape index (κ3) is 2.90. The molecule has 4 heteroatoms. The molecule has 106 valence electrons. The number of rotatable bonds is 4. The van der Waals surface area contributed by atoms with Crippen LogP contribution in [0.1, 0.15) is 28.1 Å². The SMILES string of the molecule is COC(=O)Cc1ccccc1Cn1nc(C)c(C)c1C. The molecule has 1 heterocycles.